The highest BCUT2D eigenvalue weighted by Gasteiger charge is 2.24. The van der Waals surface area contributed by atoms with Crippen LogP contribution in [-0.4, -0.2) is 36.8 Å². The summed E-state index contributed by atoms with van der Waals surface area (Å²) in [7, 11) is 0. The van der Waals surface area contributed by atoms with Crippen LogP contribution >= 0.6 is 11.3 Å². The van der Waals surface area contributed by atoms with Gasteiger partial charge in [0.2, 0.25) is 0 Å². The van der Waals surface area contributed by atoms with Crippen molar-refractivity contribution in [2.24, 2.45) is 5.92 Å². The van der Waals surface area contributed by atoms with E-state index in [1.165, 1.54) is 11.3 Å². The SMILES string of the molecule is CCOC(=O)Cc1csc(NCC2CCOC2C)n1. The van der Waals surface area contributed by atoms with Gasteiger partial charge in [0.1, 0.15) is 0 Å². The van der Waals surface area contributed by atoms with Crippen molar-refractivity contribution in [2.45, 2.75) is 32.8 Å². The van der Waals surface area contributed by atoms with Gasteiger partial charge in [-0.1, -0.05) is 0 Å². The molecule has 2 atom stereocenters. The third kappa shape index (κ3) is 4.18. The summed E-state index contributed by atoms with van der Waals surface area (Å²) < 4.78 is 10.4. The first kappa shape index (κ1) is 14.3. The molecular formula is C13H20N2O3S. The average molecular weight is 284 g/mol. The molecule has 0 aliphatic carbocycles. The number of esters is 1. The Morgan fingerprint density at radius 1 is 1.68 bits per heavy atom. The normalized spacial score (nSPS) is 22.4. The fourth-order valence-corrected chi connectivity index (χ4v) is 2.81. The molecule has 0 amide bonds. The molecule has 1 aromatic heterocycles. The predicted molar refractivity (Wildman–Crippen MR) is 74.5 cm³/mol. The van der Waals surface area contributed by atoms with Crippen LogP contribution in [0.15, 0.2) is 5.38 Å². The highest BCUT2D eigenvalue weighted by molar-refractivity contribution is 7.13. The molecule has 1 aliphatic heterocycles. The molecular weight excluding hydrogens is 264 g/mol. The molecule has 0 bridgehead atoms. The van der Waals surface area contributed by atoms with Crippen molar-refractivity contribution >= 4 is 22.4 Å². The van der Waals surface area contributed by atoms with Crippen LogP contribution in [0.2, 0.25) is 0 Å². The lowest BCUT2D eigenvalue weighted by atomic mass is 10.0. The second-order valence-electron chi connectivity index (χ2n) is 4.63. The molecule has 1 aliphatic rings. The number of hydrogen-bond donors (Lipinski definition) is 1. The molecule has 1 saturated heterocycles. The van der Waals surface area contributed by atoms with Crippen LogP contribution in [0, 0.1) is 5.92 Å². The van der Waals surface area contributed by atoms with E-state index in [4.69, 9.17) is 9.47 Å². The van der Waals surface area contributed by atoms with Crippen molar-refractivity contribution in [1.29, 1.82) is 0 Å². The first-order valence-corrected chi connectivity index (χ1v) is 7.52. The number of thiazole rings is 1. The maximum Gasteiger partial charge on any atom is 0.311 e. The molecule has 0 aromatic carbocycles. The Hall–Kier alpha value is -1.14. The Labute approximate surface area is 117 Å². The van der Waals surface area contributed by atoms with Crippen molar-refractivity contribution in [3.05, 3.63) is 11.1 Å². The summed E-state index contributed by atoms with van der Waals surface area (Å²) >= 11 is 1.52. The van der Waals surface area contributed by atoms with E-state index in [0.29, 0.717) is 18.6 Å². The maximum atomic E-state index is 11.3. The third-order valence-electron chi connectivity index (χ3n) is 3.23. The van der Waals surface area contributed by atoms with Gasteiger partial charge in [-0.3, -0.25) is 4.79 Å². The van der Waals surface area contributed by atoms with E-state index in [0.717, 1.165) is 30.4 Å². The molecule has 1 N–H and O–H groups in total. The van der Waals surface area contributed by atoms with E-state index >= 15 is 0 Å². The van der Waals surface area contributed by atoms with Gasteiger partial charge in [-0.25, -0.2) is 4.98 Å². The first-order chi connectivity index (χ1) is 9.19. The van der Waals surface area contributed by atoms with Crippen LogP contribution in [0.4, 0.5) is 5.13 Å². The van der Waals surface area contributed by atoms with Gasteiger partial charge in [-0.2, -0.15) is 0 Å². The largest absolute Gasteiger partial charge is 0.466 e. The summed E-state index contributed by atoms with van der Waals surface area (Å²) in [4.78, 5) is 15.7. The van der Waals surface area contributed by atoms with Gasteiger partial charge in [0.15, 0.2) is 5.13 Å². The summed E-state index contributed by atoms with van der Waals surface area (Å²) in [5.41, 5.74) is 0.765. The minimum Gasteiger partial charge on any atom is -0.466 e. The molecule has 106 valence electrons. The van der Waals surface area contributed by atoms with Crippen LogP contribution in [-0.2, 0) is 20.7 Å². The Balaban J connectivity index is 1.78. The topological polar surface area (TPSA) is 60.5 Å². The summed E-state index contributed by atoms with van der Waals surface area (Å²) in [6.45, 7) is 6.03. The number of hydrogen-bond acceptors (Lipinski definition) is 6. The lowest BCUT2D eigenvalue weighted by molar-refractivity contribution is -0.142. The number of rotatable bonds is 6. The molecule has 5 nitrogen and oxygen atoms in total. The number of nitrogens with zero attached hydrogens (tertiary/aromatic N) is 1. The third-order valence-corrected chi connectivity index (χ3v) is 4.08. The van der Waals surface area contributed by atoms with Crippen molar-refractivity contribution in [3.63, 3.8) is 0 Å². The van der Waals surface area contributed by atoms with E-state index in [2.05, 4.69) is 17.2 Å². The predicted octanol–water partition coefficient (Wildman–Crippen LogP) is 2.09. The van der Waals surface area contributed by atoms with Crippen molar-refractivity contribution in [3.8, 4) is 0 Å². The monoisotopic (exact) mass is 284 g/mol. The zero-order valence-electron chi connectivity index (χ0n) is 11.3. The number of carbonyl (C=O) groups is 1. The second-order valence-corrected chi connectivity index (χ2v) is 5.49. The Kier molecular flexibility index (Phi) is 5.15. The number of ether oxygens (including phenoxy) is 2. The molecule has 0 radical (unpaired) electrons. The fraction of sp³-hybridized carbons (Fsp3) is 0.692. The van der Waals surface area contributed by atoms with Gasteiger partial charge in [0.05, 0.1) is 24.8 Å². The van der Waals surface area contributed by atoms with Crippen LogP contribution < -0.4 is 5.32 Å². The summed E-state index contributed by atoms with van der Waals surface area (Å²) in [5.74, 6) is 0.314. The number of carbonyl (C=O) groups excluding carboxylic acids is 1. The molecule has 2 heterocycles. The van der Waals surface area contributed by atoms with Gasteiger partial charge in [-0.05, 0) is 20.3 Å². The Morgan fingerprint density at radius 3 is 3.21 bits per heavy atom. The van der Waals surface area contributed by atoms with Crippen LogP contribution in [0.3, 0.4) is 0 Å². The molecule has 0 saturated carbocycles. The first-order valence-electron chi connectivity index (χ1n) is 6.64. The van der Waals surface area contributed by atoms with Crippen molar-refractivity contribution in [2.75, 3.05) is 25.1 Å². The van der Waals surface area contributed by atoms with Crippen LogP contribution in [0.25, 0.3) is 0 Å². The molecule has 6 heteroatoms. The average Bonchev–Trinajstić information content (AvgIpc) is 2.96. The lowest BCUT2D eigenvalue weighted by Crippen LogP contribution is -2.20. The summed E-state index contributed by atoms with van der Waals surface area (Å²) in [5, 5.41) is 6.07. The lowest BCUT2D eigenvalue weighted by Gasteiger charge is -2.13. The van der Waals surface area contributed by atoms with Gasteiger partial charge in [0, 0.05) is 24.4 Å². The van der Waals surface area contributed by atoms with Gasteiger partial charge in [-0.15, -0.1) is 11.3 Å². The highest BCUT2D eigenvalue weighted by Crippen LogP contribution is 2.22. The van der Waals surface area contributed by atoms with Crippen LogP contribution in [0.1, 0.15) is 26.0 Å². The van der Waals surface area contributed by atoms with Gasteiger partial charge in [0.25, 0.3) is 0 Å². The Bertz CT molecular complexity index is 422. The van der Waals surface area contributed by atoms with Crippen LogP contribution in [0.5, 0.6) is 0 Å². The number of nitrogens with one attached hydrogen (secondary N) is 1. The van der Waals surface area contributed by atoms with Crippen molar-refractivity contribution in [1.82, 2.24) is 4.98 Å². The second kappa shape index (κ2) is 6.86. The van der Waals surface area contributed by atoms with Crippen molar-refractivity contribution < 1.29 is 14.3 Å². The summed E-state index contributed by atoms with van der Waals surface area (Å²) in [6, 6.07) is 0. The van der Waals surface area contributed by atoms with Gasteiger partial charge >= 0.3 is 5.97 Å². The van der Waals surface area contributed by atoms with E-state index in [-0.39, 0.29) is 12.4 Å². The minimum atomic E-state index is -0.225. The fourth-order valence-electron chi connectivity index (χ4n) is 2.09. The zero-order valence-corrected chi connectivity index (χ0v) is 12.2. The number of aromatic nitrogens is 1. The zero-order chi connectivity index (χ0) is 13.7. The molecule has 0 spiro atoms. The van der Waals surface area contributed by atoms with E-state index in [1.54, 1.807) is 6.92 Å². The quantitative estimate of drug-likeness (QED) is 0.811. The molecule has 2 rings (SSSR count). The minimum absolute atomic E-state index is 0.225. The summed E-state index contributed by atoms with van der Waals surface area (Å²) in [6.07, 6.45) is 1.65. The molecule has 2 unspecified atom stereocenters. The molecule has 1 aromatic rings. The highest BCUT2D eigenvalue weighted by atomic mass is 32.1. The molecule has 1 fully saturated rings. The number of anilines is 1. The Morgan fingerprint density at radius 2 is 2.53 bits per heavy atom. The van der Waals surface area contributed by atoms with Gasteiger partial charge < -0.3 is 14.8 Å². The maximum absolute atomic E-state index is 11.3. The van der Waals surface area contributed by atoms with E-state index in [1.807, 2.05) is 5.38 Å². The molecule has 19 heavy (non-hydrogen) atoms. The van der Waals surface area contributed by atoms with E-state index in [9.17, 15) is 4.79 Å². The standard InChI is InChI=1S/C13H20N2O3S/c1-3-17-12(16)6-11-8-19-13(15-11)14-7-10-4-5-18-9(10)2/h8-10H,3-7H2,1-2H3,(H,14,15). The van der Waals surface area contributed by atoms with E-state index < -0.39 is 0 Å². The smallest absolute Gasteiger partial charge is 0.311 e.